The number of H-pyrrole nitrogens is 1. The Kier molecular flexibility index (Phi) is 2.44. The highest BCUT2D eigenvalue weighted by Gasteiger charge is 2.41. The highest BCUT2D eigenvalue weighted by atomic mass is 19.4. The molecule has 1 N–H and O–H groups in total. The fourth-order valence-electron chi connectivity index (χ4n) is 3.96. The first-order valence-electron chi connectivity index (χ1n) is 7.07. The fourth-order valence-corrected chi connectivity index (χ4v) is 3.96. The van der Waals surface area contributed by atoms with E-state index in [-0.39, 0.29) is 0 Å². The minimum atomic E-state index is -4.30. The van der Waals surface area contributed by atoms with E-state index in [1.807, 2.05) is 0 Å². The third-order valence-corrected chi connectivity index (χ3v) is 4.92. The van der Waals surface area contributed by atoms with Crippen LogP contribution in [0.3, 0.4) is 0 Å². The smallest absolute Gasteiger partial charge is 0.342 e. The molecule has 2 aliphatic rings. The maximum absolute atomic E-state index is 12.7. The molecule has 0 radical (unpaired) electrons. The number of imidazole rings is 1. The molecule has 0 saturated heterocycles. The van der Waals surface area contributed by atoms with Crippen molar-refractivity contribution in [1.82, 2.24) is 9.97 Å². The molecule has 2 bridgehead atoms. The van der Waals surface area contributed by atoms with Gasteiger partial charge < -0.3 is 4.98 Å². The lowest BCUT2D eigenvalue weighted by Crippen LogP contribution is -2.09. The molecule has 3 unspecified atom stereocenters. The van der Waals surface area contributed by atoms with Crippen LogP contribution in [0.15, 0.2) is 18.2 Å². The quantitative estimate of drug-likeness (QED) is 0.819. The average Bonchev–Trinajstić information content (AvgIpc) is 3.10. The summed E-state index contributed by atoms with van der Waals surface area (Å²) in [5.74, 6) is 2.76. The molecule has 1 aromatic heterocycles. The normalized spacial score (nSPS) is 29.4. The molecule has 0 amide bonds. The first kappa shape index (κ1) is 12.2. The average molecular weight is 280 g/mol. The van der Waals surface area contributed by atoms with Crippen molar-refractivity contribution in [2.45, 2.75) is 37.8 Å². The minimum Gasteiger partial charge on any atom is -0.342 e. The Morgan fingerprint density at radius 1 is 1.15 bits per heavy atom. The van der Waals surface area contributed by atoms with E-state index in [9.17, 15) is 13.2 Å². The van der Waals surface area contributed by atoms with Gasteiger partial charge in [0, 0.05) is 5.92 Å². The zero-order chi connectivity index (χ0) is 13.9. The molecule has 2 aliphatic carbocycles. The summed E-state index contributed by atoms with van der Waals surface area (Å²) in [6, 6.07) is 3.73. The second kappa shape index (κ2) is 3.99. The summed E-state index contributed by atoms with van der Waals surface area (Å²) >= 11 is 0. The van der Waals surface area contributed by atoms with E-state index in [0.29, 0.717) is 22.9 Å². The van der Waals surface area contributed by atoms with Gasteiger partial charge in [0.1, 0.15) is 5.82 Å². The van der Waals surface area contributed by atoms with Crippen LogP contribution in [0.5, 0.6) is 0 Å². The summed E-state index contributed by atoms with van der Waals surface area (Å²) in [4.78, 5) is 7.64. The number of nitrogens with one attached hydrogen (secondary N) is 1. The van der Waals surface area contributed by atoms with Gasteiger partial charge in [-0.3, -0.25) is 0 Å². The van der Waals surface area contributed by atoms with Crippen LogP contribution in [0.25, 0.3) is 11.0 Å². The molecule has 2 nitrogen and oxygen atoms in total. The number of alkyl halides is 3. The highest BCUT2D eigenvalue weighted by Crippen LogP contribution is 2.52. The van der Waals surface area contributed by atoms with Gasteiger partial charge in [-0.2, -0.15) is 13.2 Å². The van der Waals surface area contributed by atoms with Gasteiger partial charge in [-0.25, -0.2) is 4.98 Å². The summed E-state index contributed by atoms with van der Waals surface area (Å²) in [6.45, 7) is 0. The van der Waals surface area contributed by atoms with Gasteiger partial charge in [-0.15, -0.1) is 0 Å². The molecule has 2 aromatic rings. The Hall–Kier alpha value is -1.52. The molecule has 0 spiro atoms. The van der Waals surface area contributed by atoms with Crippen molar-refractivity contribution in [3.8, 4) is 0 Å². The SMILES string of the molecule is FC(F)(F)c1ccc2nc(C3CC4CCC3C4)[nH]c2c1. The Bertz CT molecular complexity index is 659. The van der Waals surface area contributed by atoms with Crippen molar-refractivity contribution < 1.29 is 13.2 Å². The van der Waals surface area contributed by atoms with Crippen molar-refractivity contribution in [1.29, 1.82) is 0 Å². The van der Waals surface area contributed by atoms with Crippen LogP contribution in [-0.2, 0) is 6.18 Å². The molecule has 0 aliphatic heterocycles. The number of benzene rings is 1. The Morgan fingerprint density at radius 2 is 2.00 bits per heavy atom. The molecular formula is C15H15F3N2. The van der Waals surface area contributed by atoms with Crippen molar-refractivity contribution in [3.05, 3.63) is 29.6 Å². The lowest BCUT2D eigenvalue weighted by atomic mass is 9.88. The van der Waals surface area contributed by atoms with Crippen molar-refractivity contribution >= 4 is 11.0 Å². The van der Waals surface area contributed by atoms with Gasteiger partial charge in [0.05, 0.1) is 16.6 Å². The van der Waals surface area contributed by atoms with Crippen LogP contribution in [0.4, 0.5) is 13.2 Å². The first-order chi connectivity index (χ1) is 9.50. The number of halogens is 3. The van der Waals surface area contributed by atoms with E-state index >= 15 is 0 Å². The summed E-state index contributed by atoms with van der Waals surface area (Å²) in [5, 5.41) is 0. The van der Waals surface area contributed by atoms with Crippen LogP contribution in [0, 0.1) is 11.8 Å². The molecule has 20 heavy (non-hydrogen) atoms. The third kappa shape index (κ3) is 1.83. The van der Waals surface area contributed by atoms with Crippen molar-refractivity contribution in [2.75, 3.05) is 0 Å². The van der Waals surface area contributed by atoms with Crippen molar-refractivity contribution in [3.63, 3.8) is 0 Å². The van der Waals surface area contributed by atoms with Gasteiger partial charge in [0.2, 0.25) is 0 Å². The van der Waals surface area contributed by atoms with Gasteiger partial charge >= 0.3 is 6.18 Å². The highest BCUT2D eigenvalue weighted by molar-refractivity contribution is 5.76. The van der Waals surface area contributed by atoms with Gasteiger partial charge in [-0.1, -0.05) is 6.42 Å². The maximum Gasteiger partial charge on any atom is 0.416 e. The third-order valence-electron chi connectivity index (χ3n) is 4.92. The number of hydrogen-bond donors (Lipinski definition) is 1. The second-order valence-corrected chi connectivity index (χ2v) is 6.13. The number of fused-ring (bicyclic) bond motifs is 3. The molecule has 4 rings (SSSR count). The Morgan fingerprint density at radius 3 is 2.65 bits per heavy atom. The van der Waals surface area contributed by atoms with Crippen molar-refractivity contribution in [2.24, 2.45) is 11.8 Å². The van der Waals surface area contributed by atoms with Crippen LogP contribution < -0.4 is 0 Å². The Balaban J connectivity index is 1.72. The largest absolute Gasteiger partial charge is 0.416 e. The number of aromatic nitrogens is 2. The predicted octanol–water partition coefficient (Wildman–Crippen LogP) is 4.49. The van der Waals surface area contributed by atoms with E-state index in [1.165, 1.54) is 31.4 Å². The zero-order valence-corrected chi connectivity index (χ0v) is 10.9. The molecule has 3 atom stereocenters. The van der Waals surface area contributed by atoms with E-state index in [4.69, 9.17) is 0 Å². The number of rotatable bonds is 1. The summed E-state index contributed by atoms with van der Waals surface area (Å²) in [7, 11) is 0. The molecule has 2 saturated carbocycles. The summed E-state index contributed by atoms with van der Waals surface area (Å²) in [5.41, 5.74) is 0.515. The molecule has 2 fully saturated rings. The van der Waals surface area contributed by atoms with Crippen LogP contribution in [0.1, 0.15) is 43.0 Å². The van der Waals surface area contributed by atoms with E-state index in [2.05, 4.69) is 9.97 Å². The topological polar surface area (TPSA) is 28.7 Å². The standard InChI is InChI=1S/C15H15F3N2/c16-15(17,18)10-3-4-12-13(7-10)20-14(19-12)11-6-8-1-2-9(11)5-8/h3-4,7-9,11H,1-2,5-6H2,(H,19,20). The number of aromatic amines is 1. The van der Waals surface area contributed by atoms with Crippen LogP contribution in [-0.4, -0.2) is 9.97 Å². The molecule has 5 heteroatoms. The van der Waals surface area contributed by atoms with Gasteiger partial charge in [0.15, 0.2) is 0 Å². The zero-order valence-electron chi connectivity index (χ0n) is 10.9. The summed E-state index contributed by atoms with van der Waals surface area (Å²) < 4.78 is 38.1. The molecule has 106 valence electrons. The maximum atomic E-state index is 12.7. The summed E-state index contributed by atoms with van der Waals surface area (Å²) in [6.07, 6.45) is 0.637. The molecule has 1 aromatic carbocycles. The lowest BCUT2D eigenvalue weighted by Gasteiger charge is -2.18. The van der Waals surface area contributed by atoms with Gasteiger partial charge in [-0.05, 0) is 49.3 Å². The lowest BCUT2D eigenvalue weighted by molar-refractivity contribution is -0.137. The Labute approximate surface area is 114 Å². The van der Waals surface area contributed by atoms with Crippen LogP contribution >= 0.6 is 0 Å². The number of hydrogen-bond acceptors (Lipinski definition) is 1. The molecular weight excluding hydrogens is 265 g/mol. The number of nitrogens with zero attached hydrogens (tertiary/aromatic N) is 1. The second-order valence-electron chi connectivity index (χ2n) is 6.13. The first-order valence-corrected chi connectivity index (χ1v) is 7.07. The van der Waals surface area contributed by atoms with Crippen LogP contribution in [0.2, 0.25) is 0 Å². The predicted molar refractivity (Wildman–Crippen MR) is 69.3 cm³/mol. The van der Waals surface area contributed by atoms with E-state index < -0.39 is 11.7 Å². The van der Waals surface area contributed by atoms with Gasteiger partial charge in [0.25, 0.3) is 0 Å². The fraction of sp³-hybridized carbons (Fsp3) is 0.533. The minimum absolute atomic E-state index is 0.412. The van der Waals surface area contributed by atoms with E-state index in [1.54, 1.807) is 0 Å². The monoisotopic (exact) mass is 280 g/mol. The van der Waals surface area contributed by atoms with E-state index in [0.717, 1.165) is 24.2 Å². The molecule has 1 heterocycles.